The molecule has 1 aliphatic heterocycles. The molecule has 1 unspecified atom stereocenters. The van der Waals surface area contributed by atoms with Crippen molar-refractivity contribution in [2.75, 3.05) is 26.8 Å². The Hall–Kier alpha value is -4.91. The molecule has 186 valence electrons. The van der Waals surface area contributed by atoms with Gasteiger partial charge in [-0.05, 0) is 76.5 Å². The first-order chi connectivity index (χ1) is 18.0. The average Bonchev–Trinajstić information content (AvgIpc) is 3.59. The minimum atomic E-state index is -0.877. The molecule has 37 heavy (non-hydrogen) atoms. The number of nitriles is 1. The second-order valence-electron chi connectivity index (χ2n) is 8.85. The molecule has 5 rings (SSSR count). The van der Waals surface area contributed by atoms with Crippen LogP contribution in [0, 0.1) is 11.3 Å². The highest BCUT2D eigenvalue weighted by molar-refractivity contribution is 5.94. The van der Waals surface area contributed by atoms with Crippen molar-refractivity contribution in [1.29, 1.82) is 5.26 Å². The molecule has 1 N–H and O–H groups in total. The van der Waals surface area contributed by atoms with Crippen LogP contribution in [-0.4, -0.2) is 57.8 Å². The number of carbonyl (C=O) groups excluding carboxylic acids is 1. The summed E-state index contributed by atoms with van der Waals surface area (Å²) in [5.74, 6) is 1.14. The number of benzene rings is 3. The van der Waals surface area contributed by atoms with Crippen LogP contribution in [0.1, 0.15) is 22.3 Å². The van der Waals surface area contributed by atoms with E-state index < -0.39 is 11.2 Å². The standard InChI is InChI=1S/C27H24N6O4/c1-36-23-10-8-22(9-11-23)25(34)32-15-14-27(17-32,33-26(35)29-30-31-33)18-37-24-12-6-21(7-13-24)20-4-2-19(16-28)3-5-20/h2-13H,14-15,17-18H2,1H3,(H,29,31,35). The molecule has 0 bridgehead atoms. The molecule has 10 nitrogen and oxygen atoms in total. The summed E-state index contributed by atoms with van der Waals surface area (Å²) in [7, 11) is 1.57. The number of hydrogen-bond donors (Lipinski definition) is 1. The number of nitrogens with one attached hydrogen (secondary N) is 1. The van der Waals surface area contributed by atoms with Crippen molar-refractivity contribution >= 4 is 5.91 Å². The lowest BCUT2D eigenvalue weighted by Gasteiger charge is -2.28. The highest BCUT2D eigenvalue weighted by atomic mass is 16.5. The molecule has 0 spiro atoms. The molecule has 10 heteroatoms. The number of nitrogens with zero attached hydrogens (tertiary/aromatic N) is 5. The summed E-state index contributed by atoms with van der Waals surface area (Å²) in [6.45, 7) is 0.806. The van der Waals surface area contributed by atoms with Gasteiger partial charge in [0.1, 0.15) is 23.6 Å². The molecule has 1 aromatic heterocycles. The van der Waals surface area contributed by atoms with Gasteiger partial charge in [-0.1, -0.05) is 24.3 Å². The fourth-order valence-corrected chi connectivity index (χ4v) is 4.50. The van der Waals surface area contributed by atoms with E-state index in [4.69, 9.17) is 14.7 Å². The summed E-state index contributed by atoms with van der Waals surface area (Å²) in [6, 6.07) is 23.9. The van der Waals surface area contributed by atoms with E-state index in [0.29, 0.717) is 35.6 Å². The summed E-state index contributed by atoms with van der Waals surface area (Å²) >= 11 is 0. The molecule has 1 amide bonds. The van der Waals surface area contributed by atoms with Crippen molar-refractivity contribution in [3.8, 4) is 28.7 Å². The zero-order chi connectivity index (χ0) is 25.8. The maximum atomic E-state index is 13.2. The zero-order valence-electron chi connectivity index (χ0n) is 20.1. The first kappa shape index (κ1) is 23.8. The van der Waals surface area contributed by atoms with E-state index >= 15 is 0 Å². The Morgan fingerprint density at radius 3 is 2.27 bits per heavy atom. The topological polar surface area (TPSA) is 126 Å². The van der Waals surface area contributed by atoms with Gasteiger partial charge in [0.15, 0.2) is 0 Å². The van der Waals surface area contributed by atoms with Crippen LogP contribution < -0.4 is 15.2 Å². The van der Waals surface area contributed by atoms with E-state index in [0.717, 1.165) is 11.1 Å². The Labute approximate surface area is 212 Å². The second-order valence-corrected chi connectivity index (χ2v) is 8.85. The van der Waals surface area contributed by atoms with Gasteiger partial charge in [0, 0.05) is 18.7 Å². The van der Waals surface area contributed by atoms with Crippen LogP contribution in [-0.2, 0) is 5.54 Å². The number of H-pyrrole nitrogens is 1. The van der Waals surface area contributed by atoms with Crippen LogP contribution in [0.5, 0.6) is 11.5 Å². The van der Waals surface area contributed by atoms with Gasteiger partial charge in [0.25, 0.3) is 5.91 Å². The Kier molecular flexibility index (Phi) is 6.43. The number of likely N-dealkylation sites (tertiary alicyclic amines) is 1. The van der Waals surface area contributed by atoms with E-state index in [2.05, 4.69) is 21.6 Å². The molecule has 1 aliphatic rings. The number of ether oxygens (including phenoxy) is 2. The van der Waals surface area contributed by atoms with Crippen LogP contribution in [0.25, 0.3) is 11.1 Å². The summed E-state index contributed by atoms with van der Waals surface area (Å²) in [4.78, 5) is 27.3. The van der Waals surface area contributed by atoms with Crippen molar-refractivity contribution in [3.05, 3.63) is 94.4 Å². The van der Waals surface area contributed by atoms with Crippen molar-refractivity contribution in [3.63, 3.8) is 0 Å². The van der Waals surface area contributed by atoms with Crippen molar-refractivity contribution in [1.82, 2.24) is 25.1 Å². The predicted molar refractivity (Wildman–Crippen MR) is 134 cm³/mol. The van der Waals surface area contributed by atoms with Crippen molar-refractivity contribution in [2.24, 2.45) is 0 Å². The number of hydrogen-bond acceptors (Lipinski definition) is 7. The Bertz CT molecular complexity index is 1490. The van der Waals surface area contributed by atoms with Gasteiger partial charge in [-0.3, -0.25) is 4.79 Å². The molecule has 0 aliphatic carbocycles. The van der Waals surface area contributed by atoms with Gasteiger partial charge in [-0.15, -0.1) is 0 Å². The van der Waals surface area contributed by atoms with Crippen LogP contribution in [0.3, 0.4) is 0 Å². The van der Waals surface area contributed by atoms with E-state index in [1.807, 2.05) is 36.4 Å². The van der Waals surface area contributed by atoms with Crippen LogP contribution in [0.15, 0.2) is 77.6 Å². The fraction of sp³-hybridized carbons (Fsp3) is 0.222. The average molecular weight is 497 g/mol. The predicted octanol–water partition coefficient (Wildman–Crippen LogP) is 2.83. The Balaban J connectivity index is 1.33. The molecule has 4 aromatic rings. The monoisotopic (exact) mass is 496 g/mol. The van der Waals surface area contributed by atoms with Crippen molar-refractivity contribution < 1.29 is 14.3 Å². The highest BCUT2D eigenvalue weighted by Gasteiger charge is 2.45. The lowest BCUT2D eigenvalue weighted by molar-refractivity contribution is 0.0743. The van der Waals surface area contributed by atoms with Crippen LogP contribution >= 0.6 is 0 Å². The van der Waals surface area contributed by atoms with E-state index in [1.165, 1.54) is 4.68 Å². The third-order valence-corrected chi connectivity index (χ3v) is 6.59. The molecule has 1 saturated heterocycles. The Morgan fingerprint density at radius 2 is 1.68 bits per heavy atom. The van der Waals surface area contributed by atoms with Gasteiger partial charge in [-0.2, -0.15) is 9.94 Å². The molecule has 3 aromatic carbocycles. The zero-order valence-corrected chi connectivity index (χ0v) is 20.1. The summed E-state index contributed by atoms with van der Waals surface area (Å²) in [5.41, 5.74) is 1.77. The summed E-state index contributed by atoms with van der Waals surface area (Å²) < 4.78 is 12.6. The van der Waals surface area contributed by atoms with E-state index in [9.17, 15) is 9.59 Å². The molecule has 0 radical (unpaired) electrons. The maximum Gasteiger partial charge on any atom is 0.361 e. The van der Waals surface area contributed by atoms with E-state index in [-0.39, 0.29) is 19.1 Å². The third kappa shape index (κ3) is 4.79. The first-order valence-corrected chi connectivity index (χ1v) is 11.7. The summed E-state index contributed by atoms with van der Waals surface area (Å²) in [5, 5.41) is 19.0. The molecular formula is C27H24N6O4. The summed E-state index contributed by atoms with van der Waals surface area (Å²) in [6.07, 6.45) is 0.477. The lowest BCUT2D eigenvalue weighted by Crippen LogP contribution is -2.48. The van der Waals surface area contributed by atoms with Crippen molar-refractivity contribution in [2.45, 2.75) is 12.0 Å². The molecule has 1 fully saturated rings. The molecule has 0 saturated carbocycles. The molecule has 1 atom stereocenters. The van der Waals surface area contributed by atoms with Gasteiger partial charge in [0.2, 0.25) is 0 Å². The first-order valence-electron chi connectivity index (χ1n) is 11.7. The normalized spacial score (nSPS) is 16.8. The van der Waals surface area contributed by atoms with Crippen LogP contribution in [0.2, 0.25) is 0 Å². The van der Waals surface area contributed by atoms with Crippen LogP contribution in [0.4, 0.5) is 0 Å². The second kappa shape index (κ2) is 9.99. The SMILES string of the molecule is COc1ccc(C(=O)N2CCC(COc3ccc(-c4ccc(C#N)cc4)cc3)(n3nn[nH]c3=O)C2)cc1. The minimum absolute atomic E-state index is 0.127. The molecular weight excluding hydrogens is 472 g/mol. The minimum Gasteiger partial charge on any atom is -0.497 e. The number of aromatic nitrogens is 4. The lowest BCUT2D eigenvalue weighted by atomic mass is 10.00. The maximum absolute atomic E-state index is 13.2. The Morgan fingerprint density at radius 1 is 1.03 bits per heavy atom. The smallest absolute Gasteiger partial charge is 0.361 e. The number of tetrazole rings is 1. The van der Waals surface area contributed by atoms with Gasteiger partial charge in [0.05, 0.1) is 18.7 Å². The number of carbonyl (C=O) groups is 1. The quantitative estimate of drug-likeness (QED) is 0.417. The number of methoxy groups -OCH3 is 1. The van der Waals surface area contributed by atoms with Gasteiger partial charge >= 0.3 is 5.69 Å². The van der Waals surface area contributed by atoms with E-state index in [1.54, 1.807) is 48.4 Å². The fourth-order valence-electron chi connectivity index (χ4n) is 4.50. The number of aromatic amines is 1. The van der Waals surface area contributed by atoms with Gasteiger partial charge < -0.3 is 14.4 Å². The third-order valence-electron chi connectivity index (χ3n) is 6.59. The highest BCUT2D eigenvalue weighted by Crippen LogP contribution is 2.31. The number of amides is 1. The largest absolute Gasteiger partial charge is 0.497 e. The molecule has 2 heterocycles. The number of rotatable bonds is 7. The van der Waals surface area contributed by atoms with Gasteiger partial charge in [-0.25, -0.2) is 9.89 Å².